The number of nitrogens with one attached hydrogen (secondary N) is 1. The van der Waals surface area contributed by atoms with Crippen LogP contribution in [0.2, 0.25) is 0 Å². The summed E-state index contributed by atoms with van der Waals surface area (Å²) in [5, 5.41) is 3.63. The number of hydrogen-bond acceptors (Lipinski definition) is 2. The van der Waals surface area contributed by atoms with Gasteiger partial charge in [-0.2, -0.15) is 0 Å². The summed E-state index contributed by atoms with van der Waals surface area (Å²) >= 11 is 0. The van der Waals surface area contributed by atoms with Gasteiger partial charge in [0.05, 0.1) is 12.2 Å². The Hall–Kier alpha value is -0.570. The van der Waals surface area contributed by atoms with Crippen molar-refractivity contribution in [1.82, 2.24) is 10.2 Å². The molecule has 3 nitrogen and oxygen atoms in total. The molecule has 1 amide bonds. The molecule has 1 heterocycles. The van der Waals surface area contributed by atoms with E-state index in [0.29, 0.717) is 29.7 Å². The van der Waals surface area contributed by atoms with Crippen LogP contribution in [0.1, 0.15) is 73.1 Å². The zero-order valence-electron chi connectivity index (χ0n) is 14.6. The minimum Gasteiger partial charge on any atom is -0.323 e. The standard InChI is InChI=1S/C18H34N2O/c1-12(2)10-16-18(21)20(17(19-16)11-13(3)4)14(5)15-8-6-7-9-15/h12-17,19H,6-11H2,1-5H3. The lowest BCUT2D eigenvalue weighted by molar-refractivity contribution is -0.133. The largest absolute Gasteiger partial charge is 0.323 e. The first-order valence-corrected chi connectivity index (χ1v) is 8.98. The molecule has 0 spiro atoms. The van der Waals surface area contributed by atoms with Crippen LogP contribution in [-0.4, -0.2) is 29.1 Å². The Morgan fingerprint density at radius 2 is 1.62 bits per heavy atom. The van der Waals surface area contributed by atoms with Gasteiger partial charge in [-0.15, -0.1) is 0 Å². The molecule has 2 rings (SSSR count). The first-order valence-electron chi connectivity index (χ1n) is 8.98. The molecule has 1 saturated heterocycles. The zero-order chi connectivity index (χ0) is 15.6. The molecule has 3 unspecified atom stereocenters. The number of carbonyl (C=O) groups excluding carboxylic acids is 1. The molecule has 1 aliphatic heterocycles. The van der Waals surface area contributed by atoms with E-state index in [0.717, 1.165) is 12.8 Å². The van der Waals surface area contributed by atoms with E-state index in [4.69, 9.17) is 0 Å². The van der Waals surface area contributed by atoms with Crippen LogP contribution in [-0.2, 0) is 4.79 Å². The van der Waals surface area contributed by atoms with Gasteiger partial charge >= 0.3 is 0 Å². The van der Waals surface area contributed by atoms with Gasteiger partial charge in [0, 0.05) is 6.04 Å². The van der Waals surface area contributed by atoms with Crippen molar-refractivity contribution < 1.29 is 4.79 Å². The van der Waals surface area contributed by atoms with Gasteiger partial charge < -0.3 is 4.90 Å². The average Bonchev–Trinajstić information content (AvgIpc) is 2.98. The molecule has 21 heavy (non-hydrogen) atoms. The van der Waals surface area contributed by atoms with E-state index >= 15 is 0 Å². The molecule has 0 radical (unpaired) electrons. The van der Waals surface area contributed by atoms with Crippen molar-refractivity contribution in [3.05, 3.63) is 0 Å². The molecular formula is C18H34N2O. The predicted molar refractivity (Wildman–Crippen MR) is 87.9 cm³/mol. The van der Waals surface area contributed by atoms with Crippen LogP contribution in [0.4, 0.5) is 0 Å². The quantitative estimate of drug-likeness (QED) is 0.808. The van der Waals surface area contributed by atoms with Gasteiger partial charge in [-0.25, -0.2) is 0 Å². The lowest BCUT2D eigenvalue weighted by atomic mass is 9.96. The van der Waals surface area contributed by atoms with Gasteiger partial charge in [-0.1, -0.05) is 40.5 Å². The minimum atomic E-state index is 0.0394. The van der Waals surface area contributed by atoms with Gasteiger partial charge in [0.15, 0.2) is 0 Å². The third-order valence-corrected chi connectivity index (χ3v) is 5.20. The van der Waals surface area contributed by atoms with Gasteiger partial charge in [-0.05, 0) is 50.4 Å². The molecule has 3 heteroatoms. The summed E-state index contributed by atoms with van der Waals surface area (Å²) in [5.74, 6) is 2.25. The summed E-state index contributed by atoms with van der Waals surface area (Å²) < 4.78 is 0. The Morgan fingerprint density at radius 3 is 2.14 bits per heavy atom. The molecule has 2 aliphatic rings. The molecule has 0 bridgehead atoms. The smallest absolute Gasteiger partial charge is 0.241 e. The number of rotatable bonds is 6. The molecule has 0 aromatic rings. The van der Waals surface area contributed by atoms with Crippen molar-refractivity contribution >= 4 is 5.91 Å². The molecule has 0 aromatic heterocycles. The van der Waals surface area contributed by atoms with Crippen molar-refractivity contribution in [3.63, 3.8) is 0 Å². The molecular weight excluding hydrogens is 260 g/mol. The third-order valence-electron chi connectivity index (χ3n) is 5.20. The summed E-state index contributed by atoms with van der Waals surface area (Å²) in [4.78, 5) is 15.1. The Bertz CT molecular complexity index is 347. The topological polar surface area (TPSA) is 32.3 Å². The fourth-order valence-corrected chi connectivity index (χ4v) is 4.14. The number of hydrogen-bond donors (Lipinski definition) is 1. The Balaban J connectivity index is 2.10. The summed E-state index contributed by atoms with van der Waals surface area (Å²) in [6.45, 7) is 11.2. The van der Waals surface area contributed by atoms with Crippen LogP contribution in [0.3, 0.4) is 0 Å². The maximum absolute atomic E-state index is 12.9. The normalized spacial score (nSPS) is 29.1. The zero-order valence-corrected chi connectivity index (χ0v) is 14.6. The minimum absolute atomic E-state index is 0.0394. The summed E-state index contributed by atoms with van der Waals surface area (Å²) in [6, 6.07) is 0.436. The van der Waals surface area contributed by atoms with Crippen molar-refractivity contribution in [2.24, 2.45) is 17.8 Å². The molecule has 0 aromatic carbocycles. The van der Waals surface area contributed by atoms with Gasteiger partial charge in [0.1, 0.15) is 0 Å². The lowest BCUT2D eigenvalue weighted by Crippen LogP contribution is -2.46. The molecule has 3 atom stereocenters. The number of nitrogens with zero attached hydrogens (tertiary/aromatic N) is 1. The van der Waals surface area contributed by atoms with E-state index in [1.807, 2.05) is 0 Å². The van der Waals surface area contributed by atoms with E-state index in [9.17, 15) is 4.79 Å². The molecule has 1 N–H and O–H groups in total. The third kappa shape index (κ3) is 4.00. The van der Waals surface area contributed by atoms with Crippen LogP contribution < -0.4 is 5.32 Å². The van der Waals surface area contributed by atoms with Gasteiger partial charge in [-0.3, -0.25) is 10.1 Å². The highest BCUT2D eigenvalue weighted by Gasteiger charge is 2.43. The highest BCUT2D eigenvalue weighted by atomic mass is 16.2. The summed E-state index contributed by atoms with van der Waals surface area (Å²) in [5.41, 5.74) is 0. The Morgan fingerprint density at radius 1 is 1.05 bits per heavy atom. The summed E-state index contributed by atoms with van der Waals surface area (Å²) in [6.07, 6.45) is 7.56. The highest BCUT2D eigenvalue weighted by Crippen LogP contribution is 2.34. The number of amides is 1. The van der Waals surface area contributed by atoms with Crippen LogP contribution in [0.15, 0.2) is 0 Å². The highest BCUT2D eigenvalue weighted by molar-refractivity contribution is 5.84. The Labute approximate surface area is 130 Å². The van der Waals surface area contributed by atoms with E-state index in [1.165, 1.54) is 25.7 Å². The fourth-order valence-electron chi connectivity index (χ4n) is 4.14. The van der Waals surface area contributed by atoms with E-state index in [-0.39, 0.29) is 12.2 Å². The predicted octanol–water partition coefficient (Wildman–Crippen LogP) is 3.78. The second-order valence-corrected chi connectivity index (χ2v) is 8.02. The van der Waals surface area contributed by atoms with E-state index in [2.05, 4.69) is 44.8 Å². The van der Waals surface area contributed by atoms with E-state index in [1.54, 1.807) is 0 Å². The van der Waals surface area contributed by atoms with Gasteiger partial charge in [0.2, 0.25) is 5.91 Å². The maximum Gasteiger partial charge on any atom is 0.241 e. The first kappa shape index (κ1) is 16.8. The second-order valence-electron chi connectivity index (χ2n) is 8.02. The van der Waals surface area contributed by atoms with Crippen molar-refractivity contribution in [3.8, 4) is 0 Å². The fraction of sp³-hybridized carbons (Fsp3) is 0.944. The van der Waals surface area contributed by atoms with Crippen molar-refractivity contribution in [2.45, 2.75) is 91.4 Å². The lowest BCUT2D eigenvalue weighted by Gasteiger charge is -2.35. The van der Waals surface area contributed by atoms with Crippen LogP contribution in [0.5, 0.6) is 0 Å². The average molecular weight is 294 g/mol. The van der Waals surface area contributed by atoms with Crippen molar-refractivity contribution in [2.75, 3.05) is 0 Å². The monoisotopic (exact) mass is 294 g/mol. The molecule has 122 valence electrons. The van der Waals surface area contributed by atoms with Crippen LogP contribution in [0, 0.1) is 17.8 Å². The first-order chi connectivity index (χ1) is 9.90. The summed E-state index contributed by atoms with van der Waals surface area (Å²) in [7, 11) is 0. The van der Waals surface area contributed by atoms with E-state index < -0.39 is 0 Å². The second kappa shape index (κ2) is 7.13. The van der Waals surface area contributed by atoms with Crippen LogP contribution in [0.25, 0.3) is 0 Å². The van der Waals surface area contributed by atoms with Gasteiger partial charge in [0.25, 0.3) is 0 Å². The van der Waals surface area contributed by atoms with Crippen LogP contribution >= 0.6 is 0 Å². The maximum atomic E-state index is 12.9. The Kier molecular flexibility index (Phi) is 5.70. The molecule has 1 saturated carbocycles. The molecule has 1 aliphatic carbocycles. The SMILES string of the molecule is CC(C)CC1NC(CC(C)C)N(C(C)C2CCCC2)C1=O. The molecule has 2 fully saturated rings. The van der Waals surface area contributed by atoms with Crippen molar-refractivity contribution in [1.29, 1.82) is 0 Å². The number of carbonyl (C=O) groups is 1.